The summed E-state index contributed by atoms with van der Waals surface area (Å²) in [6.45, 7) is 2.46. The molecule has 0 fully saturated rings. The molecule has 0 atom stereocenters. The Morgan fingerprint density at radius 1 is 1.38 bits per heavy atom. The van der Waals surface area contributed by atoms with Crippen LogP contribution >= 0.6 is 23.2 Å². The summed E-state index contributed by atoms with van der Waals surface area (Å²) in [4.78, 5) is 0. The summed E-state index contributed by atoms with van der Waals surface area (Å²) in [6, 6.07) is 5.44. The molecule has 1 rings (SSSR count). The van der Waals surface area contributed by atoms with Crippen LogP contribution in [0.1, 0.15) is 12.5 Å². The van der Waals surface area contributed by atoms with Crippen molar-refractivity contribution in [1.82, 2.24) is 0 Å². The van der Waals surface area contributed by atoms with E-state index in [-0.39, 0.29) is 0 Å². The number of hydrogen-bond donors (Lipinski definition) is 1. The summed E-state index contributed by atoms with van der Waals surface area (Å²) in [6.07, 6.45) is 1.91. The highest BCUT2D eigenvalue weighted by atomic mass is 35.5. The van der Waals surface area contributed by atoms with Gasteiger partial charge in [0.05, 0.1) is 0 Å². The van der Waals surface area contributed by atoms with E-state index >= 15 is 0 Å². The number of hydrogen-bond acceptors (Lipinski definition) is 1. The second-order valence-electron chi connectivity index (χ2n) is 2.83. The van der Waals surface area contributed by atoms with Gasteiger partial charge in [0, 0.05) is 22.2 Å². The first-order valence-corrected chi connectivity index (χ1v) is 4.72. The maximum absolute atomic E-state index is 5.96. The minimum atomic E-state index is 0.515. The molecule has 3 heteroatoms. The molecular weight excluding hydrogens is 205 g/mol. The zero-order valence-electron chi connectivity index (χ0n) is 7.35. The third-order valence-electron chi connectivity index (χ3n) is 1.71. The standard InChI is InChI=1S/C10H11Cl2N/c1-7(6-13)5-8-9(11)3-2-4-10(8)12/h2-5H,6,13H2,1H3/b7-5-. The summed E-state index contributed by atoms with van der Waals surface area (Å²) in [5, 5.41) is 1.31. The summed E-state index contributed by atoms with van der Waals surface area (Å²) in [5.74, 6) is 0. The van der Waals surface area contributed by atoms with Gasteiger partial charge >= 0.3 is 0 Å². The molecule has 0 heterocycles. The molecule has 13 heavy (non-hydrogen) atoms. The van der Waals surface area contributed by atoms with Crippen molar-refractivity contribution in [2.45, 2.75) is 6.92 Å². The van der Waals surface area contributed by atoms with E-state index in [9.17, 15) is 0 Å². The highest BCUT2D eigenvalue weighted by Crippen LogP contribution is 2.26. The van der Waals surface area contributed by atoms with Crippen LogP contribution in [0.2, 0.25) is 10.0 Å². The van der Waals surface area contributed by atoms with Crippen LogP contribution in [0.25, 0.3) is 6.08 Å². The Balaban J connectivity index is 3.14. The molecule has 1 nitrogen and oxygen atoms in total. The van der Waals surface area contributed by atoms with Gasteiger partial charge in [-0.15, -0.1) is 0 Å². The first-order valence-electron chi connectivity index (χ1n) is 3.96. The minimum absolute atomic E-state index is 0.515. The van der Waals surface area contributed by atoms with E-state index in [1.807, 2.05) is 31.2 Å². The van der Waals surface area contributed by atoms with Crippen LogP contribution < -0.4 is 5.73 Å². The van der Waals surface area contributed by atoms with Crippen LogP contribution in [0.15, 0.2) is 23.8 Å². The average molecular weight is 216 g/mol. The summed E-state index contributed by atoms with van der Waals surface area (Å²) in [5.41, 5.74) is 7.36. The Kier molecular flexibility index (Phi) is 3.79. The van der Waals surface area contributed by atoms with Gasteiger partial charge in [-0.2, -0.15) is 0 Å². The normalized spacial score (nSPS) is 11.8. The van der Waals surface area contributed by atoms with Crippen molar-refractivity contribution in [3.05, 3.63) is 39.4 Å². The number of halogens is 2. The van der Waals surface area contributed by atoms with Crippen molar-refractivity contribution < 1.29 is 0 Å². The van der Waals surface area contributed by atoms with E-state index in [4.69, 9.17) is 28.9 Å². The molecule has 0 spiro atoms. The SMILES string of the molecule is C/C(=C/c1c(Cl)cccc1Cl)CN. The average Bonchev–Trinajstić information content (AvgIpc) is 2.11. The van der Waals surface area contributed by atoms with E-state index in [2.05, 4.69) is 0 Å². The fourth-order valence-electron chi connectivity index (χ4n) is 0.954. The molecule has 1 aromatic rings. The Bertz CT molecular complexity index is 311. The minimum Gasteiger partial charge on any atom is -0.327 e. The molecule has 1 aromatic carbocycles. The monoisotopic (exact) mass is 215 g/mol. The lowest BCUT2D eigenvalue weighted by Crippen LogP contribution is -1.99. The Hall–Kier alpha value is -0.500. The Labute approximate surface area is 88.1 Å². The third kappa shape index (κ3) is 2.73. The summed E-state index contributed by atoms with van der Waals surface area (Å²) < 4.78 is 0. The van der Waals surface area contributed by atoms with Crippen molar-refractivity contribution in [2.24, 2.45) is 5.73 Å². The maximum Gasteiger partial charge on any atom is 0.0493 e. The maximum atomic E-state index is 5.96. The van der Waals surface area contributed by atoms with Gasteiger partial charge in [-0.05, 0) is 19.1 Å². The molecule has 2 N–H and O–H groups in total. The van der Waals surface area contributed by atoms with Crippen molar-refractivity contribution in [2.75, 3.05) is 6.54 Å². The van der Waals surface area contributed by atoms with E-state index in [0.717, 1.165) is 11.1 Å². The van der Waals surface area contributed by atoms with Gasteiger partial charge in [-0.25, -0.2) is 0 Å². The van der Waals surface area contributed by atoms with E-state index in [1.54, 1.807) is 0 Å². The zero-order chi connectivity index (χ0) is 9.84. The topological polar surface area (TPSA) is 26.0 Å². The lowest BCUT2D eigenvalue weighted by atomic mass is 10.1. The van der Waals surface area contributed by atoms with Crippen LogP contribution in [-0.2, 0) is 0 Å². The van der Waals surface area contributed by atoms with Gasteiger partial charge in [0.15, 0.2) is 0 Å². The molecular formula is C10H11Cl2N. The second kappa shape index (κ2) is 4.66. The van der Waals surface area contributed by atoms with Gasteiger partial charge in [0.2, 0.25) is 0 Å². The van der Waals surface area contributed by atoms with Gasteiger partial charge in [0.1, 0.15) is 0 Å². The molecule has 0 saturated heterocycles. The smallest absolute Gasteiger partial charge is 0.0493 e. The van der Waals surface area contributed by atoms with Gasteiger partial charge in [0.25, 0.3) is 0 Å². The molecule has 0 unspecified atom stereocenters. The predicted octanol–water partition coefficient (Wildman–Crippen LogP) is 3.36. The van der Waals surface area contributed by atoms with Gasteiger partial charge in [-0.1, -0.05) is 40.9 Å². The second-order valence-corrected chi connectivity index (χ2v) is 3.64. The number of nitrogens with two attached hydrogens (primary N) is 1. The third-order valence-corrected chi connectivity index (χ3v) is 2.37. The lowest BCUT2D eigenvalue weighted by molar-refractivity contribution is 1.15. The Morgan fingerprint density at radius 2 is 1.92 bits per heavy atom. The highest BCUT2D eigenvalue weighted by Gasteiger charge is 2.01. The van der Waals surface area contributed by atoms with Gasteiger partial charge < -0.3 is 5.73 Å². The largest absolute Gasteiger partial charge is 0.327 e. The van der Waals surface area contributed by atoms with Crippen LogP contribution in [0.3, 0.4) is 0 Å². The Morgan fingerprint density at radius 3 is 2.38 bits per heavy atom. The predicted molar refractivity (Wildman–Crippen MR) is 59.2 cm³/mol. The fourth-order valence-corrected chi connectivity index (χ4v) is 1.46. The van der Waals surface area contributed by atoms with Crippen LogP contribution in [0.5, 0.6) is 0 Å². The molecule has 0 aliphatic carbocycles. The zero-order valence-corrected chi connectivity index (χ0v) is 8.86. The lowest BCUT2D eigenvalue weighted by Gasteiger charge is -2.02. The van der Waals surface area contributed by atoms with Crippen LogP contribution in [-0.4, -0.2) is 6.54 Å². The number of rotatable bonds is 2. The summed E-state index contributed by atoms with van der Waals surface area (Å²) in [7, 11) is 0. The molecule has 70 valence electrons. The van der Waals surface area contributed by atoms with Crippen molar-refractivity contribution in [3.63, 3.8) is 0 Å². The molecule has 0 aliphatic rings. The highest BCUT2D eigenvalue weighted by molar-refractivity contribution is 6.37. The van der Waals surface area contributed by atoms with Gasteiger partial charge in [-0.3, -0.25) is 0 Å². The van der Waals surface area contributed by atoms with Crippen molar-refractivity contribution in [1.29, 1.82) is 0 Å². The van der Waals surface area contributed by atoms with E-state index in [1.165, 1.54) is 0 Å². The van der Waals surface area contributed by atoms with Crippen LogP contribution in [0.4, 0.5) is 0 Å². The van der Waals surface area contributed by atoms with Crippen molar-refractivity contribution in [3.8, 4) is 0 Å². The first kappa shape index (κ1) is 10.6. The molecule has 0 saturated carbocycles. The number of benzene rings is 1. The fraction of sp³-hybridized carbons (Fsp3) is 0.200. The van der Waals surface area contributed by atoms with E-state index in [0.29, 0.717) is 16.6 Å². The quantitative estimate of drug-likeness (QED) is 0.805. The first-order chi connectivity index (χ1) is 6.15. The molecule has 0 aliphatic heterocycles. The molecule has 0 amide bonds. The summed E-state index contributed by atoms with van der Waals surface area (Å²) >= 11 is 11.9. The molecule has 0 aromatic heterocycles. The van der Waals surface area contributed by atoms with Crippen LogP contribution in [0, 0.1) is 0 Å². The van der Waals surface area contributed by atoms with Crippen molar-refractivity contribution >= 4 is 29.3 Å². The van der Waals surface area contributed by atoms with E-state index < -0.39 is 0 Å². The molecule has 0 radical (unpaired) electrons. The molecule has 0 bridgehead atoms.